The van der Waals surface area contributed by atoms with Crippen molar-refractivity contribution in [3.63, 3.8) is 0 Å². The Morgan fingerprint density at radius 1 is 1.00 bits per heavy atom. The molecule has 6 heavy (non-hydrogen) atoms. The molecule has 0 unspecified atom stereocenters. The van der Waals surface area contributed by atoms with Crippen molar-refractivity contribution in [3.05, 3.63) is 0 Å². The van der Waals surface area contributed by atoms with E-state index in [9.17, 15) is 0 Å². The topological polar surface area (TPSA) is 35.0 Å². The number of hydrogen-bond donors (Lipinski definition) is 1. The number of rotatable bonds is 0. The van der Waals surface area contributed by atoms with Crippen LogP contribution in [0.2, 0.25) is 19.6 Å². The van der Waals surface area contributed by atoms with E-state index in [1.165, 1.54) is 0 Å². The van der Waals surface area contributed by atoms with Gasteiger partial charge in [-0.25, -0.2) is 0 Å². The molecule has 0 aliphatic heterocycles. The molecule has 34 valence electrons. The maximum Gasteiger partial charge on any atom is 1.00 e. The maximum atomic E-state index is 2.27. The van der Waals surface area contributed by atoms with E-state index in [1.807, 2.05) is 0 Å². The van der Waals surface area contributed by atoms with E-state index >= 15 is 0 Å². The smallest absolute Gasteiger partial charge is 0.344 e. The van der Waals surface area contributed by atoms with Crippen molar-refractivity contribution in [3.8, 4) is 0 Å². The van der Waals surface area contributed by atoms with Crippen molar-refractivity contribution in [2.75, 3.05) is 0 Å². The molecule has 0 aromatic carbocycles. The van der Waals surface area contributed by atoms with Crippen LogP contribution in [0.4, 0.5) is 0 Å². The van der Waals surface area contributed by atoms with E-state index < -0.39 is 0 Å². The van der Waals surface area contributed by atoms with Gasteiger partial charge in [0.05, 0.1) is 0 Å². The summed E-state index contributed by atoms with van der Waals surface area (Å²) in [6.07, 6.45) is 0. The van der Waals surface area contributed by atoms with Gasteiger partial charge in [-0.15, -0.1) is 0 Å². The molecule has 3 heteroatoms. The molecule has 0 bridgehead atoms. The van der Waals surface area contributed by atoms with Crippen molar-refractivity contribution < 1.29 is 51.4 Å². The molecule has 0 aliphatic rings. The second-order valence-corrected chi connectivity index (χ2v) is 4.50. The monoisotopic (exact) mass is 129 g/mol. The molecule has 0 fully saturated rings. The normalized spacial score (nSPS) is 6.00. The zero-order chi connectivity index (χ0) is 3.58. The van der Waals surface area contributed by atoms with Crippen LogP contribution in [0.3, 0.4) is 0 Å². The van der Waals surface area contributed by atoms with E-state index in [1.54, 1.807) is 0 Å². The van der Waals surface area contributed by atoms with Gasteiger partial charge in [-0.05, 0) is 0 Å². The largest absolute Gasteiger partial charge is 1.00 e. The van der Waals surface area contributed by atoms with Gasteiger partial charge in [0, 0.05) is 0 Å². The van der Waals surface area contributed by atoms with E-state index in [0.29, 0.717) is 0 Å². The molecule has 0 spiro atoms. The molecule has 0 saturated heterocycles. The van der Waals surface area contributed by atoms with Crippen LogP contribution in [0.25, 0.3) is 0 Å². The van der Waals surface area contributed by atoms with Crippen LogP contribution in [0.15, 0.2) is 0 Å². The molecule has 0 radical (unpaired) electrons. The molecule has 1 nitrogen and oxygen atoms in total. The van der Waals surface area contributed by atoms with Crippen molar-refractivity contribution in [1.29, 1.82) is 0 Å². The molecule has 0 aromatic heterocycles. The minimum atomic E-state index is 0. The fourth-order valence-electron chi connectivity index (χ4n) is 0. The third kappa shape index (κ3) is 41.0. The molecule has 0 saturated carbocycles. The van der Waals surface area contributed by atoms with E-state index in [-0.39, 0.29) is 66.3 Å². The van der Waals surface area contributed by atoms with Gasteiger partial charge in [-0.1, -0.05) is 0 Å². The van der Waals surface area contributed by atoms with Crippen LogP contribution in [-0.4, -0.2) is 8.80 Å². The molecular formula is C3H12KNSi. The first-order valence-electron chi connectivity index (χ1n) is 1.50. The molecule has 3 N–H and O–H groups in total. The first-order valence-corrected chi connectivity index (χ1v) is 4.50. The van der Waals surface area contributed by atoms with Gasteiger partial charge in [-0.2, -0.15) is 19.6 Å². The SMILES string of the molecule is C[Si-](C)C.N.[K+]. The molecule has 0 rings (SSSR count). The summed E-state index contributed by atoms with van der Waals surface area (Å²) >= 11 is 0. The minimum Gasteiger partial charge on any atom is -0.344 e. The van der Waals surface area contributed by atoms with Crippen LogP contribution < -0.4 is 57.5 Å². The second-order valence-electron chi connectivity index (χ2n) is 1.50. The van der Waals surface area contributed by atoms with Crippen LogP contribution >= 0.6 is 0 Å². The number of hydrogen-bond acceptors (Lipinski definition) is 1. The standard InChI is InChI=1S/C3H9Si.K.H3N/c1-4(2)3;;/h1-3H3;;1H3/q-1;+1;. The van der Waals surface area contributed by atoms with Crippen LogP contribution in [0.5, 0.6) is 0 Å². The van der Waals surface area contributed by atoms with Crippen LogP contribution in [0, 0.1) is 0 Å². The van der Waals surface area contributed by atoms with Gasteiger partial charge in [0.1, 0.15) is 0 Å². The molecule has 0 atom stereocenters. The Balaban J connectivity index is -0.0000000450. The average Bonchev–Trinajstić information content (AvgIpc) is 0.811. The fraction of sp³-hybridized carbons (Fsp3) is 1.00. The molecule has 0 amide bonds. The maximum absolute atomic E-state index is 2.27. The Morgan fingerprint density at radius 3 is 1.00 bits per heavy atom. The summed E-state index contributed by atoms with van der Waals surface area (Å²) < 4.78 is 0. The Labute approximate surface area is 84.5 Å². The summed E-state index contributed by atoms with van der Waals surface area (Å²) in [5.41, 5.74) is 0. The summed E-state index contributed by atoms with van der Waals surface area (Å²) in [6.45, 7) is 6.81. The van der Waals surface area contributed by atoms with Crippen molar-refractivity contribution in [1.82, 2.24) is 6.15 Å². The predicted molar refractivity (Wildman–Crippen MR) is 28.4 cm³/mol. The zero-order valence-electron chi connectivity index (χ0n) is 5.21. The molecule has 0 aromatic rings. The third-order valence-corrected chi connectivity index (χ3v) is 0. The van der Waals surface area contributed by atoms with E-state index in [2.05, 4.69) is 19.6 Å². The zero-order valence-corrected chi connectivity index (χ0v) is 9.33. The van der Waals surface area contributed by atoms with Crippen LogP contribution in [0.1, 0.15) is 0 Å². The van der Waals surface area contributed by atoms with Crippen molar-refractivity contribution >= 4 is 8.80 Å². The fourth-order valence-corrected chi connectivity index (χ4v) is 0. The summed E-state index contributed by atoms with van der Waals surface area (Å²) in [7, 11) is 0.120. The Morgan fingerprint density at radius 2 is 1.00 bits per heavy atom. The van der Waals surface area contributed by atoms with Gasteiger partial charge in [0.25, 0.3) is 0 Å². The first kappa shape index (κ1) is 15.7. The molecule has 0 aliphatic carbocycles. The first-order chi connectivity index (χ1) is 1.73. The van der Waals surface area contributed by atoms with Crippen molar-refractivity contribution in [2.45, 2.75) is 19.6 Å². The Kier molecular flexibility index (Phi) is 25.9. The Hall–Kier alpha value is 1.81. The minimum absolute atomic E-state index is 0. The van der Waals surface area contributed by atoms with E-state index in [0.717, 1.165) is 0 Å². The molecule has 0 heterocycles. The van der Waals surface area contributed by atoms with Crippen LogP contribution in [-0.2, 0) is 0 Å². The van der Waals surface area contributed by atoms with Gasteiger partial charge in [0.15, 0.2) is 0 Å². The molecular weight excluding hydrogens is 117 g/mol. The summed E-state index contributed by atoms with van der Waals surface area (Å²) in [4.78, 5) is 0. The summed E-state index contributed by atoms with van der Waals surface area (Å²) in [5, 5.41) is 0. The average molecular weight is 129 g/mol. The Bertz CT molecular complexity index is 15.5. The van der Waals surface area contributed by atoms with Gasteiger partial charge in [0.2, 0.25) is 0 Å². The van der Waals surface area contributed by atoms with Gasteiger partial charge < -0.3 is 6.15 Å². The summed E-state index contributed by atoms with van der Waals surface area (Å²) in [5.74, 6) is 0. The second kappa shape index (κ2) is 9.94. The van der Waals surface area contributed by atoms with E-state index in [4.69, 9.17) is 0 Å². The van der Waals surface area contributed by atoms with Crippen molar-refractivity contribution in [2.24, 2.45) is 0 Å². The third-order valence-electron chi connectivity index (χ3n) is 0. The van der Waals surface area contributed by atoms with Gasteiger partial charge >= 0.3 is 51.4 Å². The summed E-state index contributed by atoms with van der Waals surface area (Å²) in [6, 6.07) is 0. The van der Waals surface area contributed by atoms with Gasteiger partial charge in [-0.3, -0.25) is 8.80 Å². The quantitative estimate of drug-likeness (QED) is 0.399. The predicted octanol–water partition coefficient (Wildman–Crippen LogP) is -1.46.